The average Bonchev–Trinajstić information content (AvgIpc) is 2.82. The first-order chi connectivity index (χ1) is 16.2. The van der Waals surface area contributed by atoms with Crippen LogP contribution in [0.5, 0.6) is 0 Å². The van der Waals surface area contributed by atoms with E-state index in [1.807, 2.05) is 12.1 Å². The largest absolute Gasteiger partial charge is 0.372 e. The summed E-state index contributed by atoms with van der Waals surface area (Å²) in [6.07, 6.45) is 3.85. The predicted octanol–water partition coefficient (Wildman–Crippen LogP) is 3.05. The summed E-state index contributed by atoms with van der Waals surface area (Å²) in [6, 6.07) is 10.1. The predicted molar refractivity (Wildman–Crippen MR) is 131 cm³/mol. The van der Waals surface area contributed by atoms with Gasteiger partial charge in [0.15, 0.2) is 0 Å². The van der Waals surface area contributed by atoms with Gasteiger partial charge in [-0.05, 0) is 68.5 Å². The number of hydrogen-bond donors (Lipinski definition) is 1. The number of sulfonamides is 1. The summed E-state index contributed by atoms with van der Waals surface area (Å²) in [4.78, 5) is 19.6. The van der Waals surface area contributed by atoms with Gasteiger partial charge in [0, 0.05) is 44.5 Å². The molecule has 184 valence electrons. The summed E-state index contributed by atoms with van der Waals surface area (Å²) in [5.74, 6) is 1.20. The molecule has 2 atom stereocenters. The van der Waals surface area contributed by atoms with Crippen LogP contribution >= 0.6 is 0 Å². The highest BCUT2D eigenvalue weighted by atomic mass is 32.2. The van der Waals surface area contributed by atoms with Crippen molar-refractivity contribution in [1.29, 1.82) is 0 Å². The van der Waals surface area contributed by atoms with Crippen LogP contribution in [0.4, 0.5) is 5.82 Å². The van der Waals surface area contributed by atoms with Crippen molar-refractivity contribution in [2.24, 2.45) is 5.92 Å². The van der Waals surface area contributed by atoms with Gasteiger partial charge in [-0.2, -0.15) is 4.31 Å². The van der Waals surface area contributed by atoms with Crippen molar-refractivity contribution in [3.63, 3.8) is 0 Å². The maximum Gasteiger partial charge on any atom is 0.251 e. The van der Waals surface area contributed by atoms with Crippen LogP contribution in [0.2, 0.25) is 0 Å². The maximum atomic E-state index is 12.9. The molecule has 1 aromatic carbocycles. The van der Waals surface area contributed by atoms with Gasteiger partial charge in [-0.3, -0.25) is 4.79 Å². The molecule has 2 unspecified atom stereocenters. The second-order valence-corrected chi connectivity index (χ2v) is 11.4. The van der Waals surface area contributed by atoms with E-state index in [2.05, 4.69) is 36.0 Å². The summed E-state index contributed by atoms with van der Waals surface area (Å²) < 4.78 is 33.1. The molecule has 2 aromatic rings. The molecular formula is C25H34N4O4S. The number of hydrogen-bond acceptors (Lipinski definition) is 6. The number of morpholine rings is 1. The second kappa shape index (κ2) is 10.4. The Labute approximate surface area is 202 Å². The molecule has 0 saturated carbocycles. The molecule has 1 amide bonds. The number of rotatable bonds is 6. The molecule has 2 fully saturated rings. The van der Waals surface area contributed by atoms with E-state index in [1.165, 1.54) is 16.4 Å². The molecule has 0 bridgehead atoms. The zero-order valence-corrected chi connectivity index (χ0v) is 20.9. The fourth-order valence-electron chi connectivity index (χ4n) is 4.51. The van der Waals surface area contributed by atoms with Crippen molar-refractivity contribution in [2.45, 2.75) is 57.3 Å². The highest BCUT2D eigenvalue weighted by Gasteiger charge is 2.28. The fourth-order valence-corrected chi connectivity index (χ4v) is 5.98. The van der Waals surface area contributed by atoms with Crippen LogP contribution in [0, 0.1) is 5.92 Å². The molecule has 8 nitrogen and oxygen atoms in total. The second-order valence-electron chi connectivity index (χ2n) is 9.48. The lowest BCUT2D eigenvalue weighted by Gasteiger charge is -2.36. The van der Waals surface area contributed by atoms with Crippen molar-refractivity contribution in [3.8, 4) is 0 Å². The number of aromatic nitrogens is 1. The number of pyridine rings is 1. The molecule has 0 radical (unpaired) electrons. The van der Waals surface area contributed by atoms with Crippen molar-refractivity contribution < 1.29 is 17.9 Å². The number of piperidine rings is 1. The van der Waals surface area contributed by atoms with Gasteiger partial charge in [-0.15, -0.1) is 0 Å². The lowest BCUT2D eigenvalue weighted by molar-refractivity contribution is -0.00546. The van der Waals surface area contributed by atoms with Gasteiger partial charge in [0.2, 0.25) is 10.0 Å². The van der Waals surface area contributed by atoms with E-state index in [4.69, 9.17) is 4.74 Å². The molecule has 1 aromatic heterocycles. The van der Waals surface area contributed by atoms with E-state index in [0.717, 1.165) is 37.3 Å². The monoisotopic (exact) mass is 486 g/mol. The highest BCUT2D eigenvalue weighted by Crippen LogP contribution is 2.24. The number of benzene rings is 1. The molecule has 34 heavy (non-hydrogen) atoms. The Bertz CT molecular complexity index is 1070. The molecule has 1 N–H and O–H groups in total. The minimum Gasteiger partial charge on any atom is -0.372 e. The standard InChI is InChI=1S/C25H34N4O4S/c1-18-10-12-29(13-11-18)34(31,32)23-7-5-22(6-8-23)25(30)27-15-21-4-9-24(26-14-21)28-16-19(2)33-20(3)17-28/h4-9,14,18-20H,10-13,15-17H2,1-3H3,(H,27,30). The van der Waals surface area contributed by atoms with Gasteiger partial charge >= 0.3 is 0 Å². The summed E-state index contributed by atoms with van der Waals surface area (Å²) >= 11 is 0. The first kappa shape index (κ1) is 24.6. The first-order valence-electron chi connectivity index (χ1n) is 12.0. The van der Waals surface area contributed by atoms with Gasteiger partial charge in [-0.25, -0.2) is 13.4 Å². The Kier molecular flexibility index (Phi) is 7.54. The summed E-state index contributed by atoms with van der Waals surface area (Å²) in [5, 5.41) is 2.88. The Hall–Kier alpha value is -2.49. The molecule has 3 heterocycles. The van der Waals surface area contributed by atoms with E-state index in [-0.39, 0.29) is 23.0 Å². The van der Waals surface area contributed by atoms with Crippen molar-refractivity contribution in [3.05, 3.63) is 53.7 Å². The Morgan fingerprint density at radius 3 is 2.26 bits per heavy atom. The van der Waals surface area contributed by atoms with Gasteiger partial charge in [0.05, 0.1) is 17.1 Å². The smallest absolute Gasteiger partial charge is 0.251 e. The minimum absolute atomic E-state index is 0.162. The van der Waals surface area contributed by atoms with Crippen LogP contribution in [-0.2, 0) is 21.3 Å². The van der Waals surface area contributed by atoms with Gasteiger partial charge in [0.25, 0.3) is 5.91 Å². The van der Waals surface area contributed by atoms with E-state index < -0.39 is 10.0 Å². The van der Waals surface area contributed by atoms with Crippen LogP contribution in [0.15, 0.2) is 47.5 Å². The topological polar surface area (TPSA) is 91.8 Å². The lowest BCUT2D eigenvalue weighted by Crippen LogP contribution is -2.45. The van der Waals surface area contributed by atoms with Gasteiger partial charge in [-0.1, -0.05) is 13.0 Å². The van der Waals surface area contributed by atoms with Crippen LogP contribution < -0.4 is 10.2 Å². The molecular weight excluding hydrogens is 452 g/mol. The molecule has 9 heteroatoms. The van der Waals surface area contributed by atoms with Gasteiger partial charge in [0.1, 0.15) is 5.82 Å². The first-order valence-corrected chi connectivity index (χ1v) is 13.4. The molecule has 0 aliphatic carbocycles. The summed E-state index contributed by atoms with van der Waals surface area (Å²) in [7, 11) is -3.52. The molecule has 2 aliphatic heterocycles. The Morgan fingerprint density at radius 2 is 1.68 bits per heavy atom. The SMILES string of the molecule is CC1CCN(S(=O)(=O)c2ccc(C(=O)NCc3ccc(N4CC(C)OC(C)C4)nc3)cc2)CC1. The number of nitrogens with one attached hydrogen (secondary N) is 1. The third kappa shape index (κ3) is 5.76. The Balaban J connectivity index is 1.32. The summed E-state index contributed by atoms with van der Waals surface area (Å²) in [5.41, 5.74) is 1.32. The van der Waals surface area contributed by atoms with Crippen molar-refractivity contribution >= 4 is 21.7 Å². The quantitative estimate of drug-likeness (QED) is 0.675. The number of anilines is 1. The molecule has 4 rings (SSSR count). The zero-order chi connectivity index (χ0) is 24.3. The fraction of sp³-hybridized carbons (Fsp3) is 0.520. The van der Waals surface area contributed by atoms with Crippen LogP contribution in [0.1, 0.15) is 49.5 Å². The van der Waals surface area contributed by atoms with Crippen LogP contribution in [-0.4, -0.2) is 62.0 Å². The number of carbonyl (C=O) groups is 1. The normalized spacial score (nSPS) is 22.5. The molecule has 0 spiro atoms. The Morgan fingerprint density at radius 1 is 1.03 bits per heavy atom. The number of nitrogens with zero attached hydrogens (tertiary/aromatic N) is 3. The third-order valence-corrected chi connectivity index (χ3v) is 8.42. The van der Waals surface area contributed by atoms with Gasteiger partial charge < -0.3 is 15.0 Å². The van der Waals surface area contributed by atoms with Crippen molar-refractivity contribution in [1.82, 2.24) is 14.6 Å². The number of amides is 1. The minimum atomic E-state index is -3.52. The average molecular weight is 487 g/mol. The zero-order valence-electron chi connectivity index (χ0n) is 20.1. The summed E-state index contributed by atoms with van der Waals surface area (Å²) in [6.45, 7) is 9.29. The van der Waals surface area contributed by atoms with E-state index >= 15 is 0 Å². The van der Waals surface area contributed by atoms with E-state index in [1.54, 1.807) is 18.3 Å². The molecule has 2 aliphatic rings. The van der Waals surface area contributed by atoms with E-state index in [0.29, 0.717) is 31.1 Å². The highest BCUT2D eigenvalue weighted by molar-refractivity contribution is 7.89. The third-order valence-electron chi connectivity index (χ3n) is 6.50. The van der Waals surface area contributed by atoms with Crippen molar-refractivity contribution in [2.75, 3.05) is 31.1 Å². The number of carbonyl (C=O) groups excluding carboxylic acids is 1. The number of ether oxygens (including phenoxy) is 1. The molecule has 2 saturated heterocycles. The van der Waals surface area contributed by atoms with E-state index in [9.17, 15) is 13.2 Å². The maximum absolute atomic E-state index is 12.9. The van der Waals surface area contributed by atoms with Crippen LogP contribution in [0.25, 0.3) is 0 Å². The lowest BCUT2D eigenvalue weighted by atomic mass is 10.0. The van der Waals surface area contributed by atoms with Crippen LogP contribution in [0.3, 0.4) is 0 Å².